The van der Waals surface area contributed by atoms with Crippen LogP contribution in [0, 0.1) is 0 Å². The maximum absolute atomic E-state index is 14.7. The Morgan fingerprint density at radius 1 is 0.594 bits per heavy atom. The second kappa shape index (κ2) is 8.05. The fraction of sp³-hybridized carbons (Fsp3) is 0.846. The minimum Gasteiger partial charge on any atom is -0.287 e. The summed E-state index contributed by atoms with van der Waals surface area (Å²) in [5.41, 5.74) is -8.01. The van der Waals surface area contributed by atoms with Gasteiger partial charge in [0, 0.05) is 13.1 Å². The Bertz CT molecular complexity index is 685. The number of rotatable bonds is 7. The van der Waals surface area contributed by atoms with Crippen LogP contribution in [0.2, 0.25) is 0 Å². The molecule has 0 aromatic heterocycles. The summed E-state index contributed by atoms with van der Waals surface area (Å²) in [4.78, 5) is -1.20. The van der Waals surface area contributed by atoms with Gasteiger partial charge >= 0.3 is 42.4 Å². The molecule has 1 aliphatic heterocycles. The van der Waals surface area contributed by atoms with Gasteiger partial charge in [-0.3, -0.25) is 4.74 Å². The summed E-state index contributed by atoms with van der Waals surface area (Å²) >= 11 is 0. The first kappa shape index (κ1) is 28.5. The van der Waals surface area contributed by atoms with E-state index in [2.05, 4.69) is 0 Å². The molecule has 0 amide bonds. The highest BCUT2D eigenvalue weighted by molar-refractivity contribution is 5.19. The number of hydrogen-bond acceptors (Lipinski definition) is 2. The third kappa shape index (κ3) is 4.09. The normalized spacial score (nSPS) is 18.3. The van der Waals surface area contributed by atoms with Gasteiger partial charge in [0.25, 0.3) is 11.4 Å². The summed E-state index contributed by atoms with van der Waals surface area (Å²) < 4.78 is 228. The van der Waals surface area contributed by atoms with Crippen LogP contribution in [0.15, 0.2) is 11.9 Å². The number of ether oxygens (including phenoxy) is 1. The largest absolute Gasteiger partial charge is 0.457 e. The molecule has 0 N–H and O–H groups in total. The average Bonchev–Trinajstić information content (AvgIpc) is 3.11. The minimum atomic E-state index is -8.23. The summed E-state index contributed by atoms with van der Waals surface area (Å²) in [6.45, 7) is -2.97. The lowest BCUT2D eigenvalue weighted by atomic mass is 9.83. The van der Waals surface area contributed by atoms with E-state index in [9.17, 15) is 74.6 Å². The van der Waals surface area contributed by atoms with Crippen LogP contribution >= 0.6 is 0 Å². The first-order chi connectivity index (χ1) is 13.9. The number of hydrogen-bond donors (Lipinski definition) is 0. The topological polar surface area (TPSA) is 12.5 Å². The molecular weight excluding hydrogens is 509 g/mol. The molecule has 0 aliphatic carbocycles. The summed E-state index contributed by atoms with van der Waals surface area (Å²) in [6.07, 6.45) is -28.6. The SMILES string of the molecule is FC(F)=C(F)C(F)(F)OC(C(F)(F)N1CCCC1)(C(F)(F)C(F)(F)F)C(F)(F)C(F)(F)F. The Hall–Kier alpha value is -1.53. The van der Waals surface area contributed by atoms with E-state index in [1.165, 1.54) is 0 Å². The van der Waals surface area contributed by atoms with Gasteiger partial charge in [0.15, 0.2) is 0 Å². The Labute approximate surface area is 165 Å². The molecule has 0 aromatic rings. The molecule has 0 radical (unpaired) electrons. The number of likely N-dealkylation sites (tertiary alicyclic amines) is 1. The van der Waals surface area contributed by atoms with Crippen LogP contribution in [0.25, 0.3) is 0 Å². The van der Waals surface area contributed by atoms with Gasteiger partial charge in [0.05, 0.1) is 0 Å². The summed E-state index contributed by atoms with van der Waals surface area (Å²) in [5, 5.41) is 0. The quantitative estimate of drug-likeness (QED) is 0.283. The Morgan fingerprint density at radius 3 is 1.22 bits per heavy atom. The molecule has 1 heterocycles. The molecule has 0 saturated carbocycles. The molecule has 0 bridgehead atoms. The lowest BCUT2D eigenvalue weighted by molar-refractivity contribution is -0.511. The van der Waals surface area contributed by atoms with Crippen molar-refractivity contribution in [3.05, 3.63) is 11.9 Å². The Morgan fingerprint density at radius 2 is 0.938 bits per heavy atom. The molecule has 0 aromatic carbocycles. The number of halogens is 17. The van der Waals surface area contributed by atoms with Gasteiger partial charge in [-0.2, -0.15) is 74.6 Å². The maximum Gasteiger partial charge on any atom is 0.457 e. The first-order valence-corrected chi connectivity index (χ1v) is 7.73. The molecule has 190 valence electrons. The molecule has 1 saturated heterocycles. The predicted octanol–water partition coefficient (Wildman–Crippen LogP) is 6.50. The lowest BCUT2D eigenvalue weighted by Gasteiger charge is -2.51. The van der Waals surface area contributed by atoms with Crippen molar-refractivity contribution in [3.8, 4) is 0 Å². The van der Waals surface area contributed by atoms with Crippen LogP contribution in [0.5, 0.6) is 0 Å². The van der Waals surface area contributed by atoms with E-state index in [1.54, 1.807) is 0 Å². The Balaban J connectivity index is 4.20. The fourth-order valence-corrected chi connectivity index (χ4v) is 2.73. The Kier molecular flexibility index (Phi) is 7.17. The highest BCUT2D eigenvalue weighted by Crippen LogP contribution is 2.64. The lowest BCUT2D eigenvalue weighted by Crippen LogP contribution is -2.82. The van der Waals surface area contributed by atoms with Crippen LogP contribution in [-0.4, -0.2) is 59.9 Å². The van der Waals surface area contributed by atoms with Crippen molar-refractivity contribution in [1.29, 1.82) is 0 Å². The van der Waals surface area contributed by atoms with Gasteiger partial charge < -0.3 is 0 Å². The fourth-order valence-electron chi connectivity index (χ4n) is 2.73. The van der Waals surface area contributed by atoms with Crippen LogP contribution in [0.1, 0.15) is 12.8 Å². The van der Waals surface area contributed by atoms with Gasteiger partial charge in [-0.15, -0.1) is 0 Å². The molecule has 0 atom stereocenters. The molecule has 0 spiro atoms. The van der Waals surface area contributed by atoms with Gasteiger partial charge in [0.2, 0.25) is 0 Å². The first-order valence-electron chi connectivity index (χ1n) is 7.73. The molecule has 32 heavy (non-hydrogen) atoms. The van der Waals surface area contributed by atoms with Gasteiger partial charge in [0.1, 0.15) is 0 Å². The second-order valence-corrected chi connectivity index (χ2v) is 6.25. The molecule has 1 aliphatic rings. The van der Waals surface area contributed by atoms with E-state index in [0.29, 0.717) is 0 Å². The number of nitrogens with zero attached hydrogens (tertiary/aromatic N) is 1. The van der Waals surface area contributed by atoms with Crippen molar-refractivity contribution in [2.45, 2.75) is 54.8 Å². The van der Waals surface area contributed by atoms with E-state index < -0.39 is 84.7 Å². The van der Waals surface area contributed by atoms with E-state index in [4.69, 9.17) is 0 Å². The van der Waals surface area contributed by atoms with E-state index in [1.807, 2.05) is 4.74 Å². The van der Waals surface area contributed by atoms with Crippen LogP contribution < -0.4 is 0 Å². The van der Waals surface area contributed by atoms with Crippen molar-refractivity contribution in [1.82, 2.24) is 4.90 Å². The van der Waals surface area contributed by atoms with E-state index in [-0.39, 0.29) is 0 Å². The van der Waals surface area contributed by atoms with Crippen molar-refractivity contribution in [3.63, 3.8) is 0 Å². The third-order valence-electron chi connectivity index (χ3n) is 4.23. The highest BCUT2D eigenvalue weighted by atomic mass is 19.4. The summed E-state index contributed by atoms with van der Waals surface area (Å²) in [7, 11) is 0. The standard InChI is InChI=1S/C13H8F17NO/c14-5(6(15)16)7(17,18)32-8(9(19,20)11(23,24)25,10(21,22)12(26,27)28)13(29,30)31-3-1-2-4-31/h1-4H2. The van der Waals surface area contributed by atoms with Crippen molar-refractivity contribution in [2.24, 2.45) is 0 Å². The smallest absolute Gasteiger partial charge is 0.287 e. The molecule has 19 heteroatoms. The van der Waals surface area contributed by atoms with Crippen LogP contribution in [-0.2, 0) is 4.74 Å². The molecule has 0 unspecified atom stereocenters. The molecular formula is C13H8F17NO. The van der Waals surface area contributed by atoms with Gasteiger partial charge in [-0.1, -0.05) is 0 Å². The van der Waals surface area contributed by atoms with Gasteiger partial charge in [-0.05, 0) is 12.8 Å². The minimum absolute atomic E-state index is 0.634. The molecule has 1 rings (SSSR count). The second-order valence-electron chi connectivity index (χ2n) is 6.25. The van der Waals surface area contributed by atoms with Crippen molar-refractivity contribution < 1.29 is 79.4 Å². The van der Waals surface area contributed by atoms with E-state index >= 15 is 0 Å². The third-order valence-corrected chi connectivity index (χ3v) is 4.23. The zero-order valence-electron chi connectivity index (χ0n) is 14.6. The monoisotopic (exact) mass is 517 g/mol. The highest BCUT2D eigenvalue weighted by Gasteiger charge is 2.95. The summed E-state index contributed by atoms with van der Waals surface area (Å²) in [6, 6.07) is -6.99. The summed E-state index contributed by atoms with van der Waals surface area (Å²) in [5.74, 6) is -21.0. The van der Waals surface area contributed by atoms with Gasteiger partial charge in [-0.25, -0.2) is 4.90 Å². The number of alkyl halides is 14. The van der Waals surface area contributed by atoms with Crippen molar-refractivity contribution in [2.75, 3.05) is 13.1 Å². The zero-order valence-corrected chi connectivity index (χ0v) is 14.6. The molecule has 2 nitrogen and oxygen atoms in total. The molecule has 1 fully saturated rings. The van der Waals surface area contributed by atoms with Crippen LogP contribution in [0.3, 0.4) is 0 Å². The zero-order chi connectivity index (χ0) is 25.8. The van der Waals surface area contributed by atoms with Crippen molar-refractivity contribution >= 4 is 0 Å². The van der Waals surface area contributed by atoms with Crippen LogP contribution in [0.4, 0.5) is 74.6 Å². The predicted molar refractivity (Wildman–Crippen MR) is 66.9 cm³/mol. The van der Waals surface area contributed by atoms with E-state index in [0.717, 1.165) is 0 Å². The maximum atomic E-state index is 14.7. The average molecular weight is 517 g/mol.